The molecule has 3 unspecified atom stereocenters. The fourth-order valence-electron chi connectivity index (χ4n) is 3.72. The van der Waals surface area contributed by atoms with Crippen LogP contribution in [0, 0.1) is 16.7 Å². The lowest BCUT2D eigenvalue weighted by atomic mass is 9.66. The van der Waals surface area contributed by atoms with E-state index in [2.05, 4.69) is 74.3 Å². The van der Waals surface area contributed by atoms with E-state index in [0.29, 0.717) is 16.4 Å². The third-order valence-corrected chi connectivity index (χ3v) is 6.15. The van der Waals surface area contributed by atoms with Crippen molar-refractivity contribution >= 4 is 0 Å². The topological polar surface area (TPSA) is 3.24 Å². The molecule has 3 atom stereocenters. The van der Waals surface area contributed by atoms with Crippen LogP contribution >= 0.6 is 0 Å². The lowest BCUT2D eigenvalue weighted by Crippen LogP contribution is -2.55. The Bertz CT molecular complexity index is 307. The van der Waals surface area contributed by atoms with E-state index in [4.69, 9.17) is 0 Å². The number of hydrogen-bond acceptors (Lipinski definition) is 1. The van der Waals surface area contributed by atoms with Crippen molar-refractivity contribution in [3.8, 4) is 0 Å². The van der Waals surface area contributed by atoms with E-state index < -0.39 is 0 Å². The average molecular weight is 253 g/mol. The lowest BCUT2D eigenvalue weighted by molar-refractivity contribution is 0.00792. The molecular weight excluding hydrogens is 218 g/mol. The van der Waals surface area contributed by atoms with Crippen molar-refractivity contribution in [2.24, 2.45) is 16.7 Å². The van der Waals surface area contributed by atoms with Crippen LogP contribution in [-0.2, 0) is 0 Å². The molecule has 0 bridgehead atoms. The molecule has 0 heterocycles. The van der Waals surface area contributed by atoms with E-state index in [0.717, 1.165) is 5.92 Å². The van der Waals surface area contributed by atoms with Crippen LogP contribution in [0.5, 0.6) is 0 Å². The van der Waals surface area contributed by atoms with E-state index in [1.807, 2.05) is 0 Å². The zero-order chi connectivity index (χ0) is 14.6. The molecule has 1 rings (SSSR count). The molecule has 0 aromatic heterocycles. The molecule has 0 amide bonds. The average Bonchev–Trinajstić information content (AvgIpc) is 2.36. The highest BCUT2D eigenvalue weighted by molar-refractivity contribution is 5.08. The Balaban J connectivity index is 3.08. The first kappa shape index (κ1) is 16.0. The predicted molar refractivity (Wildman–Crippen MR) is 81.9 cm³/mol. The summed E-state index contributed by atoms with van der Waals surface area (Å²) < 4.78 is 0. The van der Waals surface area contributed by atoms with Gasteiger partial charge in [-0.05, 0) is 64.3 Å². The molecule has 1 aliphatic carbocycles. The van der Waals surface area contributed by atoms with Gasteiger partial charge in [-0.3, -0.25) is 4.90 Å². The molecule has 1 heteroatoms. The monoisotopic (exact) mass is 253 g/mol. The molecule has 0 N–H and O–H groups in total. The van der Waals surface area contributed by atoms with Gasteiger partial charge in [-0.25, -0.2) is 0 Å². The van der Waals surface area contributed by atoms with Gasteiger partial charge >= 0.3 is 0 Å². The zero-order valence-electron chi connectivity index (χ0n) is 14.4. The molecule has 1 saturated carbocycles. The van der Waals surface area contributed by atoms with Crippen LogP contribution < -0.4 is 0 Å². The van der Waals surface area contributed by atoms with E-state index in [-0.39, 0.29) is 5.54 Å². The molecule has 18 heavy (non-hydrogen) atoms. The molecule has 0 spiro atoms. The van der Waals surface area contributed by atoms with Crippen molar-refractivity contribution in [2.45, 2.75) is 86.2 Å². The second kappa shape index (κ2) is 4.23. The molecule has 0 radical (unpaired) electrons. The molecule has 0 saturated heterocycles. The summed E-state index contributed by atoms with van der Waals surface area (Å²) >= 11 is 0. The van der Waals surface area contributed by atoms with Crippen LogP contribution in [0.4, 0.5) is 0 Å². The van der Waals surface area contributed by atoms with Crippen LogP contribution in [0.25, 0.3) is 0 Å². The molecular formula is C17H35N. The Hall–Kier alpha value is -0.0400. The summed E-state index contributed by atoms with van der Waals surface area (Å²) in [6, 6.07) is 0. The summed E-state index contributed by atoms with van der Waals surface area (Å²) in [6.45, 7) is 21.6. The highest BCUT2D eigenvalue weighted by Gasteiger charge is 2.55. The summed E-state index contributed by atoms with van der Waals surface area (Å²) in [4.78, 5) is 2.61. The molecule has 0 aromatic rings. The van der Waals surface area contributed by atoms with Gasteiger partial charge in [-0.15, -0.1) is 0 Å². The second-order valence-electron chi connectivity index (χ2n) is 9.18. The Morgan fingerprint density at radius 3 is 1.72 bits per heavy atom. The van der Waals surface area contributed by atoms with Gasteiger partial charge in [0.2, 0.25) is 0 Å². The minimum atomic E-state index is 0.242. The van der Waals surface area contributed by atoms with Crippen LogP contribution in [0.1, 0.15) is 75.2 Å². The maximum absolute atomic E-state index is 2.61. The van der Waals surface area contributed by atoms with E-state index in [1.165, 1.54) is 12.8 Å². The number of nitrogens with zero attached hydrogens (tertiary/aromatic N) is 1. The summed E-state index contributed by atoms with van der Waals surface area (Å²) in [7, 11) is 2.31. The third-order valence-electron chi connectivity index (χ3n) is 6.15. The fraction of sp³-hybridized carbons (Fsp3) is 1.00. The Kier molecular flexibility index (Phi) is 3.76. The maximum Gasteiger partial charge on any atom is 0.0214 e. The molecule has 0 aromatic carbocycles. The summed E-state index contributed by atoms with van der Waals surface area (Å²) in [5.41, 5.74) is 1.39. The SMILES string of the molecule is CC1CC(C)(C(C)(C)C)CC1(C)N(C)C(C)(C)C. The third kappa shape index (κ3) is 2.48. The molecule has 0 aliphatic heterocycles. The molecule has 1 fully saturated rings. The van der Waals surface area contributed by atoms with Gasteiger partial charge < -0.3 is 0 Å². The van der Waals surface area contributed by atoms with E-state index >= 15 is 0 Å². The fourth-order valence-corrected chi connectivity index (χ4v) is 3.72. The standard InChI is InChI=1S/C17H35N/c1-13-11-16(8,14(2,3)4)12-17(13,9)18(10)15(5,6)7/h13H,11-12H2,1-10H3. The summed E-state index contributed by atoms with van der Waals surface area (Å²) in [6.07, 6.45) is 2.64. The number of rotatable bonds is 1. The van der Waals surface area contributed by atoms with Gasteiger partial charge in [0.05, 0.1) is 0 Å². The van der Waals surface area contributed by atoms with Gasteiger partial charge in [-0.2, -0.15) is 0 Å². The van der Waals surface area contributed by atoms with Crippen LogP contribution in [0.15, 0.2) is 0 Å². The Morgan fingerprint density at radius 2 is 1.44 bits per heavy atom. The zero-order valence-corrected chi connectivity index (χ0v) is 14.4. The van der Waals surface area contributed by atoms with Crippen molar-refractivity contribution in [2.75, 3.05) is 7.05 Å². The largest absolute Gasteiger partial charge is 0.296 e. The van der Waals surface area contributed by atoms with Gasteiger partial charge in [0.1, 0.15) is 0 Å². The summed E-state index contributed by atoms with van der Waals surface area (Å²) in [5.74, 6) is 0.756. The van der Waals surface area contributed by atoms with E-state index in [1.54, 1.807) is 0 Å². The summed E-state index contributed by atoms with van der Waals surface area (Å²) in [5, 5.41) is 0. The molecule has 1 aliphatic rings. The minimum absolute atomic E-state index is 0.242. The van der Waals surface area contributed by atoms with E-state index in [9.17, 15) is 0 Å². The molecule has 1 nitrogen and oxygen atoms in total. The second-order valence-corrected chi connectivity index (χ2v) is 9.18. The Labute approximate surface area is 115 Å². The van der Waals surface area contributed by atoms with Gasteiger partial charge in [0.15, 0.2) is 0 Å². The smallest absolute Gasteiger partial charge is 0.0214 e. The maximum atomic E-state index is 2.61. The first-order valence-corrected chi connectivity index (χ1v) is 7.48. The predicted octanol–water partition coefficient (Wildman–Crippen LogP) is 4.96. The van der Waals surface area contributed by atoms with Crippen LogP contribution in [-0.4, -0.2) is 23.0 Å². The van der Waals surface area contributed by atoms with Crippen molar-refractivity contribution in [1.82, 2.24) is 4.90 Å². The quantitative estimate of drug-likeness (QED) is 0.638. The first-order chi connectivity index (χ1) is 7.74. The molecule has 108 valence electrons. The van der Waals surface area contributed by atoms with Gasteiger partial charge in [0, 0.05) is 11.1 Å². The van der Waals surface area contributed by atoms with Gasteiger partial charge in [-0.1, -0.05) is 34.6 Å². The van der Waals surface area contributed by atoms with Crippen molar-refractivity contribution in [3.63, 3.8) is 0 Å². The highest BCUT2D eigenvalue weighted by Crippen LogP contribution is 2.58. The van der Waals surface area contributed by atoms with Gasteiger partial charge in [0.25, 0.3) is 0 Å². The highest BCUT2D eigenvalue weighted by atomic mass is 15.2. The normalized spacial score (nSPS) is 38.5. The lowest BCUT2D eigenvalue weighted by Gasteiger charge is -2.48. The van der Waals surface area contributed by atoms with Crippen LogP contribution in [0.2, 0.25) is 0 Å². The van der Waals surface area contributed by atoms with Crippen LogP contribution in [0.3, 0.4) is 0 Å². The van der Waals surface area contributed by atoms with Crippen molar-refractivity contribution < 1.29 is 0 Å². The number of hydrogen-bond donors (Lipinski definition) is 0. The van der Waals surface area contributed by atoms with Crippen molar-refractivity contribution in [1.29, 1.82) is 0 Å². The van der Waals surface area contributed by atoms with Crippen molar-refractivity contribution in [3.05, 3.63) is 0 Å². The first-order valence-electron chi connectivity index (χ1n) is 7.48. The Morgan fingerprint density at radius 1 is 1.00 bits per heavy atom. The minimum Gasteiger partial charge on any atom is -0.296 e.